The maximum Gasteiger partial charge on any atom is -1.00 e. The summed E-state index contributed by atoms with van der Waals surface area (Å²) in [7, 11) is -1.25. The minimum absolute atomic E-state index is 0. The molecule has 0 nitrogen and oxygen atoms in total. The maximum atomic E-state index is 2.71. The summed E-state index contributed by atoms with van der Waals surface area (Å²) in [6, 6.07) is 12.3. The molecule has 4 heteroatoms. The van der Waals surface area contributed by atoms with Crippen molar-refractivity contribution >= 4 is 14.1 Å². The van der Waals surface area contributed by atoms with Crippen molar-refractivity contribution in [2.75, 3.05) is 0 Å². The molecule has 1 fully saturated rings. The average Bonchev–Trinajstić information content (AvgIpc) is 3.01. The first-order chi connectivity index (χ1) is 11.7. The van der Waals surface area contributed by atoms with Gasteiger partial charge >= 0.3 is 164 Å². The third-order valence-electron chi connectivity index (χ3n) is 7.69. The van der Waals surface area contributed by atoms with Crippen LogP contribution in [0.2, 0.25) is 18.6 Å². The monoisotopic (exact) mass is 452 g/mol. The van der Waals surface area contributed by atoms with Gasteiger partial charge in [0.15, 0.2) is 0 Å². The van der Waals surface area contributed by atoms with Gasteiger partial charge in [0.25, 0.3) is 0 Å². The van der Waals surface area contributed by atoms with Gasteiger partial charge in [0, 0.05) is 0 Å². The van der Waals surface area contributed by atoms with Crippen LogP contribution < -0.4 is 24.8 Å². The predicted molar refractivity (Wildman–Crippen MR) is 108 cm³/mol. The van der Waals surface area contributed by atoms with Crippen molar-refractivity contribution in [1.82, 2.24) is 0 Å². The van der Waals surface area contributed by atoms with Crippen molar-refractivity contribution in [2.24, 2.45) is 5.41 Å². The number of hydrogen-bond acceptors (Lipinski definition) is 0. The van der Waals surface area contributed by atoms with Crippen molar-refractivity contribution < 1.29 is 44.0 Å². The summed E-state index contributed by atoms with van der Waals surface area (Å²) in [4.78, 5) is 0. The third-order valence-corrected chi connectivity index (χ3v) is 19.5. The van der Waals surface area contributed by atoms with E-state index in [1.165, 1.54) is 24.1 Å². The number of rotatable bonds is 3. The largest absolute Gasteiger partial charge is 1.00 e. The van der Waals surface area contributed by atoms with E-state index >= 15 is 0 Å². The molecule has 0 amide bonds. The Bertz CT molecular complexity index is 846. The summed E-state index contributed by atoms with van der Waals surface area (Å²) in [6.07, 6.45) is 6.60. The average molecular weight is 453 g/mol. The molecule has 3 aliphatic rings. The van der Waals surface area contributed by atoms with Crippen LogP contribution in [-0.4, -0.2) is 8.07 Å². The zero-order chi connectivity index (χ0) is 18.0. The van der Waals surface area contributed by atoms with E-state index in [0.29, 0.717) is 3.34 Å². The quantitative estimate of drug-likeness (QED) is 0.591. The number of fused-ring (bicyclic) bond motifs is 1. The molecule has 27 heavy (non-hydrogen) atoms. The van der Waals surface area contributed by atoms with Crippen molar-refractivity contribution in [3.8, 4) is 0 Å². The molecular weight excluding hydrogens is 423 g/mol. The van der Waals surface area contributed by atoms with Crippen molar-refractivity contribution in [3.63, 3.8) is 0 Å². The number of hydrogen-bond donors (Lipinski definition) is 0. The molecule has 0 radical (unpaired) electrons. The molecule has 0 spiro atoms. The Hall–Kier alpha value is -0.0488. The van der Waals surface area contributed by atoms with Gasteiger partial charge in [-0.2, -0.15) is 0 Å². The number of benzene rings is 1. The Morgan fingerprint density at radius 2 is 1.59 bits per heavy atom. The van der Waals surface area contributed by atoms with E-state index < -0.39 is 8.07 Å². The van der Waals surface area contributed by atoms with Gasteiger partial charge in [-0.15, -0.1) is 0 Å². The molecule has 1 aromatic rings. The molecule has 0 aromatic heterocycles. The Labute approximate surface area is 187 Å². The first-order valence-corrected chi connectivity index (χ1v) is 14.2. The van der Waals surface area contributed by atoms with Gasteiger partial charge in [-0.05, 0) is 0 Å². The summed E-state index contributed by atoms with van der Waals surface area (Å²) >= 11 is -0.253. The zero-order valence-electron chi connectivity index (χ0n) is 17.3. The van der Waals surface area contributed by atoms with Gasteiger partial charge in [0.2, 0.25) is 0 Å². The topological polar surface area (TPSA) is 0 Å². The fourth-order valence-corrected chi connectivity index (χ4v) is 15.0. The minimum Gasteiger partial charge on any atom is -1.00 e. The van der Waals surface area contributed by atoms with Gasteiger partial charge in [-0.25, -0.2) is 0 Å². The van der Waals surface area contributed by atoms with Gasteiger partial charge in [0.1, 0.15) is 0 Å². The van der Waals surface area contributed by atoms with E-state index in [4.69, 9.17) is 0 Å². The first-order valence-electron chi connectivity index (χ1n) is 9.70. The van der Waals surface area contributed by atoms with Crippen LogP contribution in [0.5, 0.6) is 0 Å². The molecule has 1 heterocycles. The van der Waals surface area contributed by atoms with Crippen molar-refractivity contribution in [2.45, 2.75) is 63.0 Å². The maximum absolute atomic E-state index is 2.71. The van der Waals surface area contributed by atoms with Gasteiger partial charge in [-0.3, -0.25) is 0 Å². The molecule has 144 valence electrons. The number of halogens is 2. The molecule has 1 unspecified atom stereocenters. The second-order valence-corrected chi connectivity index (χ2v) is 17.2. The van der Waals surface area contributed by atoms with Crippen LogP contribution in [0.1, 0.15) is 52.2 Å². The Balaban J connectivity index is 0.00000131. The van der Waals surface area contributed by atoms with Crippen LogP contribution >= 0.6 is 0 Å². The molecule has 1 aliphatic heterocycles. The summed E-state index contributed by atoms with van der Waals surface area (Å²) < 4.78 is 2.25. The smallest absolute Gasteiger partial charge is 1.00 e. The zero-order valence-corrected chi connectivity index (χ0v) is 21.4. The fourth-order valence-electron chi connectivity index (χ4n) is 5.23. The molecule has 2 aliphatic carbocycles. The molecule has 0 N–H and O–H groups in total. The van der Waals surface area contributed by atoms with E-state index in [9.17, 15) is 0 Å². The fraction of sp³-hybridized carbons (Fsp3) is 0.478. The summed E-state index contributed by atoms with van der Waals surface area (Å²) in [5, 5.41) is 0. The molecule has 1 aromatic carbocycles. The second-order valence-electron chi connectivity index (χ2n) is 9.14. The standard InChI is InChI=1S/C13H15Si.C10H15.2ClH.Ti/c1-14(9-4-10-14)13-8-7-11-5-2-3-6-12(11)13;1-7-6-10(4,5)9(3)8(7)2;;;/h2-3,5-8H,4,9-10H2,1H3;1-5H3;2*1H;/q;;;;+2/p-2. The first kappa shape index (κ1) is 23.2. The molecular formula is C23H30Cl2SiTi. The minimum atomic E-state index is -1.25. The number of allylic oxidation sites excluding steroid dienone is 5. The van der Waals surface area contributed by atoms with E-state index in [-0.39, 0.29) is 49.4 Å². The molecule has 0 bridgehead atoms. The van der Waals surface area contributed by atoms with Crippen LogP contribution in [0.4, 0.5) is 0 Å². The van der Waals surface area contributed by atoms with Crippen molar-refractivity contribution in [1.29, 1.82) is 0 Å². The second kappa shape index (κ2) is 7.65. The van der Waals surface area contributed by atoms with Gasteiger partial charge < -0.3 is 24.8 Å². The SMILES string of the molecule is CC1=C(C)C(C)(C)[C]([Ti+2][C]2([Si]3(C)CCC3)C=Cc3ccccc32)=C1C.[Cl-].[Cl-]. The van der Waals surface area contributed by atoms with E-state index in [0.717, 1.165) is 0 Å². The van der Waals surface area contributed by atoms with Crippen molar-refractivity contribution in [3.05, 3.63) is 62.1 Å². The van der Waals surface area contributed by atoms with Crippen LogP contribution in [0.3, 0.4) is 0 Å². The Kier molecular flexibility index (Phi) is 6.58. The van der Waals surface area contributed by atoms with Crippen LogP contribution in [-0.2, 0) is 22.5 Å². The van der Waals surface area contributed by atoms with Crippen LogP contribution in [0, 0.1) is 5.41 Å². The normalized spacial score (nSPS) is 26.7. The van der Waals surface area contributed by atoms with Crippen LogP contribution in [0.25, 0.3) is 6.08 Å². The molecule has 0 saturated carbocycles. The van der Waals surface area contributed by atoms with E-state index in [2.05, 4.69) is 77.6 Å². The predicted octanol–water partition coefficient (Wildman–Crippen LogP) is 0.671. The summed E-state index contributed by atoms with van der Waals surface area (Å²) in [5.41, 5.74) is 8.24. The van der Waals surface area contributed by atoms with E-state index in [1.54, 1.807) is 22.3 Å². The van der Waals surface area contributed by atoms with Gasteiger partial charge in [-0.1, -0.05) is 0 Å². The third kappa shape index (κ3) is 3.13. The Morgan fingerprint density at radius 3 is 2.11 bits per heavy atom. The molecule has 4 rings (SSSR count). The Morgan fingerprint density at radius 1 is 0.963 bits per heavy atom. The molecule has 1 saturated heterocycles. The summed E-state index contributed by atoms with van der Waals surface area (Å²) in [6.45, 7) is 14.8. The molecule has 1 atom stereocenters. The summed E-state index contributed by atoms with van der Waals surface area (Å²) in [5.74, 6) is 0. The van der Waals surface area contributed by atoms with E-state index in [1.807, 2.05) is 3.88 Å². The van der Waals surface area contributed by atoms with Crippen LogP contribution in [0.15, 0.2) is 50.9 Å². The van der Waals surface area contributed by atoms with Gasteiger partial charge in [0.05, 0.1) is 0 Å².